The molecule has 114 valence electrons. The summed E-state index contributed by atoms with van der Waals surface area (Å²) in [6.07, 6.45) is 7.40. The normalized spacial score (nSPS) is 29.1. The highest BCUT2D eigenvalue weighted by atomic mass is 16.4. The first kappa shape index (κ1) is 14.2. The van der Waals surface area contributed by atoms with Crippen molar-refractivity contribution in [2.75, 3.05) is 0 Å². The van der Waals surface area contributed by atoms with Crippen LogP contribution in [0.5, 0.6) is 0 Å². The van der Waals surface area contributed by atoms with Crippen molar-refractivity contribution in [3.8, 4) is 0 Å². The van der Waals surface area contributed by atoms with Gasteiger partial charge in [-0.25, -0.2) is 0 Å². The lowest BCUT2D eigenvalue weighted by Gasteiger charge is -2.38. The summed E-state index contributed by atoms with van der Waals surface area (Å²) in [6.45, 7) is 1.75. The highest BCUT2D eigenvalue weighted by Gasteiger charge is 2.44. The molecule has 3 rings (SSSR count). The van der Waals surface area contributed by atoms with Gasteiger partial charge in [-0.15, -0.1) is 0 Å². The van der Waals surface area contributed by atoms with E-state index in [4.69, 9.17) is 0 Å². The Hall–Kier alpha value is -1.78. The average molecular weight is 290 g/mol. The molecular formula is C16H22N2O3. The summed E-state index contributed by atoms with van der Waals surface area (Å²) in [5.74, 6) is -0.962. The SMILES string of the molecule is CC1(C(=O)O)CCCCC1NC(=O)c1cccn1C1CC1. The van der Waals surface area contributed by atoms with E-state index >= 15 is 0 Å². The van der Waals surface area contributed by atoms with E-state index in [1.165, 1.54) is 0 Å². The van der Waals surface area contributed by atoms with Gasteiger partial charge < -0.3 is 15.0 Å². The van der Waals surface area contributed by atoms with Crippen molar-refractivity contribution in [1.29, 1.82) is 0 Å². The van der Waals surface area contributed by atoms with Gasteiger partial charge >= 0.3 is 5.97 Å². The minimum atomic E-state index is -0.856. The van der Waals surface area contributed by atoms with E-state index in [1.54, 1.807) is 6.92 Å². The van der Waals surface area contributed by atoms with E-state index in [0.29, 0.717) is 18.2 Å². The van der Waals surface area contributed by atoms with E-state index in [-0.39, 0.29) is 11.9 Å². The molecule has 2 atom stereocenters. The second-order valence-corrected chi connectivity index (χ2v) is 6.53. The number of hydrogen-bond acceptors (Lipinski definition) is 2. The minimum absolute atomic E-state index is 0.147. The van der Waals surface area contributed by atoms with E-state index in [1.807, 2.05) is 22.9 Å². The summed E-state index contributed by atoms with van der Waals surface area (Å²) >= 11 is 0. The summed E-state index contributed by atoms with van der Waals surface area (Å²) in [5, 5.41) is 12.5. The monoisotopic (exact) mass is 290 g/mol. The Morgan fingerprint density at radius 2 is 2.10 bits per heavy atom. The summed E-state index contributed by atoms with van der Waals surface area (Å²) in [5.41, 5.74) is -0.207. The number of amides is 1. The molecule has 2 fully saturated rings. The van der Waals surface area contributed by atoms with E-state index in [0.717, 1.165) is 32.1 Å². The number of carboxylic acid groups (broad SMARTS) is 1. The van der Waals surface area contributed by atoms with Crippen LogP contribution in [-0.4, -0.2) is 27.6 Å². The number of hydrogen-bond donors (Lipinski definition) is 2. The quantitative estimate of drug-likeness (QED) is 0.895. The molecule has 0 spiro atoms. The van der Waals surface area contributed by atoms with Gasteiger partial charge in [-0.05, 0) is 44.7 Å². The lowest BCUT2D eigenvalue weighted by atomic mass is 9.71. The average Bonchev–Trinajstić information content (AvgIpc) is 3.18. The Kier molecular flexibility index (Phi) is 3.51. The molecular weight excluding hydrogens is 268 g/mol. The maximum Gasteiger partial charge on any atom is 0.311 e. The summed E-state index contributed by atoms with van der Waals surface area (Å²) in [7, 11) is 0. The van der Waals surface area contributed by atoms with Crippen LogP contribution in [0.1, 0.15) is 62.0 Å². The highest BCUT2D eigenvalue weighted by molar-refractivity contribution is 5.93. The molecule has 0 aromatic carbocycles. The molecule has 2 aliphatic rings. The summed E-state index contributed by atoms with van der Waals surface area (Å²) in [6, 6.07) is 3.84. The molecule has 0 radical (unpaired) electrons. The maximum atomic E-state index is 12.5. The van der Waals surface area contributed by atoms with Crippen LogP contribution in [0.4, 0.5) is 0 Å². The fraction of sp³-hybridized carbons (Fsp3) is 0.625. The fourth-order valence-electron chi connectivity index (χ4n) is 3.31. The van der Waals surface area contributed by atoms with Crippen molar-refractivity contribution in [2.24, 2.45) is 5.41 Å². The van der Waals surface area contributed by atoms with Crippen molar-refractivity contribution in [2.45, 2.75) is 57.5 Å². The first-order valence-corrected chi connectivity index (χ1v) is 7.73. The second kappa shape index (κ2) is 5.20. The van der Waals surface area contributed by atoms with Gasteiger partial charge in [0.05, 0.1) is 5.41 Å². The topological polar surface area (TPSA) is 71.3 Å². The van der Waals surface area contributed by atoms with Gasteiger partial charge in [-0.3, -0.25) is 9.59 Å². The molecule has 2 saturated carbocycles. The van der Waals surface area contributed by atoms with Gasteiger partial charge in [0.1, 0.15) is 5.69 Å². The molecule has 1 amide bonds. The zero-order valence-electron chi connectivity index (χ0n) is 12.3. The van der Waals surface area contributed by atoms with Crippen LogP contribution in [0.15, 0.2) is 18.3 Å². The molecule has 5 heteroatoms. The summed E-state index contributed by atoms with van der Waals surface area (Å²) in [4.78, 5) is 24.1. The van der Waals surface area contributed by atoms with Crippen LogP contribution in [0.3, 0.4) is 0 Å². The van der Waals surface area contributed by atoms with Crippen LogP contribution in [0.25, 0.3) is 0 Å². The third kappa shape index (κ3) is 2.57. The molecule has 1 aromatic heterocycles. The van der Waals surface area contributed by atoms with Gasteiger partial charge in [0.25, 0.3) is 5.91 Å². The predicted octanol–water partition coefficient (Wildman–Crippen LogP) is 2.59. The Labute approximate surface area is 124 Å². The van der Waals surface area contributed by atoms with Crippen molar-refractivity contribution in [3.63, 3.8) is 0 Å². The number of rotatable bonds is 4. The fourth-order valence-corrected chi connectivity index (χ4v) is 3.31. The molecule has 1 heterocycles. The zero-order valence-corrected chi connectivity index (χ0v) is 12.3. The second-order valence-electron chi connectivity index (χ2n) is 6.53. The first-order valence-electron chi connectivity index (χ1n) is 7.73. The van der Waals surface area contributed by atoms with Crippen LogP contribution in [0, 0.1) is 5.41 Å². The number of nitrogens with zero attached hydrogens (tertiary/aromatic N) is 1. The predicted molar refractivity (Wildman–Crippen MR) is 78.2 cm³/mol. The molecule has 2 N–H and O–H groups in total. The Morgan fingerprint density at radius 3 is 2.76 bits per heavy atom. The van der Waals surface area contributed by atoms with Gasteiger partial charge in [0.2, 0.25) is 0 Å². The highest BCUT2D eigenvalue weighted by Crippen LogP contribution is 2.38. The van der Waals surface area contributed by atoms with Crippen molar-refractivity contribution in [3.05, 3.63) is 24.0 Å². The van der Waals surface area contributed by atoms with Gasteiger partial charge in [0, 0.05) is 18.3 Å². The van der Waals surface area contributed by atoms with E-state index in [9.17, 15) is 14.7 Å². The lowest BCUT2D eigenvalue weighted by molar-refractivity contribution is -0.151. The smallest absolute Gasteiger partial charge is 0.311 e. The molecule has 5 nitrogen and oxygen atoms in total. The minimum Gasteiger partial charge on any atom is -0.481 e. The molecule has 2 unspecified atom stereocenters. The maximum absolute atomic E-state index is 12.5. The van der Waals surface area contributed by atoms with E-state index < -0.39 is 11.4 Å². The number of carbonyl (C=O) groups is 2. The zero-order chi connectivity index (χ0) is 15.0. The third-order valence-electron chi connectivity index (χ3n) is 4.95. The standard InChI is InChI=1S/C16H22N2O3/c1-16(15(20)21)9-3-2-6-13(16)17-14(19)12-5-4-10-18(12)11-7-8-11/h4-5,10-11,13H,2-3,6-9H2,1H3,(H,17,19)(H,20,21). The van der Waals surface area contributed by atoms with E-state index in [2.05, 4.69) is 5.32 Å². The molecule has 1 aromatic rings. The van der Waals surface area contributed by atoms with Crippen LogP contribution in [0.2, 0.25) is 0 Å². The number of carboxylic acids is 1. The van der Waals surface area contributed by atoms with Crippen LogP contribution in [-0.2, 0) is 4.79 Å². The van der Waals surface area contributed by atoms with Gasteiger partial charge in [0.15, 0.2) is 0 Å². The Balaban J connectivity index is 1.76. The van der Waals surface area contributed by atoms with Crippen LogP contribution >= 0.6 is 0 Å². The van der Waals surface area contributed by atoms with Crippen LogP contribution < -0.4 is 5.32 Å². The molecule has 0 bridgehead atoms. The van der Waals surface area contributed by atoms with Crippen molar-refractivity contribution >= 4 is 11.9 Å². The number of carbonyl (C=O) groups excluding carboxylic acids is 1. The Bertz CT molecular complexity index is 562. The molecule has 2 aliphatic carbocycles. The number of aliphatic carboxylic acids is 1. The first-order chi connectivity index (χ1) is 10.0. The molecule has 0 aliphatic heterocycles. The lowest BCUT2D eigenvalue weighted by Crippen LogP contribution is -2.52. The summed E-state index contributed by atoms with van der Waals surface area (Å²) < 4.78 is 2.01. The van der Waals surface area contributed by atoms with Crippen molar-refractivity contribution in [1.82, 2.24) is 9.88 Å². The molecule has 21 heavy (non-hydrogen) atoms. The van der Waals surface area contributed by atoms with Gasteiger partial charge in [-0.1, -0.05) is 12.8 Å². The largest absolute Gasteiger partial charge is 0.481 e. The van der Waals surface area contributed by atoms with Crippen molar-refractivity contribution < 1.29 is 14.7 Å². The third-order valence-corrected chi connectivity index (χ3v) is 4.95. The Morgan fingerprint density at radius 1 is 1.33 bits per heavy atom. The number of nitrogens with one attached hydrogen (secondary N) is 1. The van der Waals surface area contributed by atoms with Gasteiger partial charge in [-0.2, -0.15) is 0 Å². The number of aromatic nitrogens is 1. The molecule has 0 saturated heterocycles.